The molecule has 0 aromatic heterocycles. The number of nitrogens with two attached hydrogens (primary N) is 1. The highest BCUT2D eigenvalue weighted by molar-refractivity contribution is 5.16. The fourth-order valence-corrected chi connectivity index (χ4v) is 2.91. The molecule has 1 heterocycles. The van der Waals surface area contributed by atoms with Crippen LogP contribution in [0.5, 0.6) is 0 Å². The third-order valence-electron chi connectivity index (χ3n) is 4.14. The van der Waals surface area contributed by atoms with Gasteiger partial charge < -0.3 is 10.5 Å². The van der Waals surface area contributed by atoms with Gasteiger partial charge in [0.05, 0.1) is 6.10 Å². The second-order valence-electron chi connectivity index (χ2n) is 5.55. The van der Waals surface area contributed by atoms with E-state index in [9.17, 15) is 4.39 Å². The maximum Gasteiger partial charge on any atom is 0.123 e. The maximum absolute atomic E-state index is 13.2. The number of hydrogen-bond donors (Lipinski definition) is 1. The minimum atomic E-state index is -0.187. The molecule has 2 N–H and O–H groups in total. The lowest BCUT2D eigenvalue weighted by molar-refractivity contribution is -0.0584. The molecular formula is C15H23FN2O. The average Bonchev–Trinajstić information content (AvgIpc) is 2.38. The fraction of sp³-hybridized carbons (Fsp3) is 0.600. The van der Waals surface area contributed by atoms with Crippen molar-refractivity contribution in [2.75, 3.05) is 20.2 Å². The number of benzene rings is 1. The van der Waals surface area contributed by atoms with Crippen molar-refractivity contribution in [1.29, 1.82) is 0 Å². The van der Waals surface area contributed by atoms with Crippen molar-refractivity contribution in [3.63, 3.8) is 0 Å². The Morgan fingerprint density at radius 3 is 2.95 bits per heavy atom. The first-order valence-corrected chi connectivity index (χ1v) is 6.83. The maximum atomic E-state index is 13.2. The summed E-state index contributed by atoms with van der Waals surface area (Å²) in [5, 5.41) is 0. The molecule has 0 radical (unpaired) electrons. The van der Waals surface area contributed by atoms with Crippen LogP contribution in [-0.2, 0) is 11.3 Å². The third-order valence-corrected chi connectivity index (χ3v) is 4.14. The predicted molar refractivity (Wildman–Crippen MR) is 74.3 cm³/mol. The number of rotatable bonds is 4. The van der Waals surface area contributed by atoms with Crippen LogP contribution in [0.15, 0.2) is 24.3 Å². The number of halogens is 1. The summed E-state index contributed by atoms with van der Waals surface area (Å²) in [4.78, 5) is 2.25. The van der Waals surface area contributed by atoms with Gasteiger partial charge in [0, 0.05) is 25.2 Å². The topological polar surface area (TPSA) is 38.5 Å². The Morgan fingerprint density at radius 2 is 2.32 bits per heavy atom. The van der Waals surface area contributed by atoms with Gasteiger partial charge in [-0.2, -0.15) is 0 Å². The summed E-state index contributed by atoms with van der Waals surface area (Å²) in [5.41, 5.74) is 6.96. The van der Waals surface area contributed by atoms with E-state index < -0.39 is 0 Å². The third kappa shape index (κ3) is 3.32. The molecule has 2 unspecified atom stereocenters. The molecule has 1 aliphatic rings. The molecule has 0 bridgehead atoms. The molecule has 0 aliphatic carbocycles. The average molecular weight is 266 g/mol. The van der Waals surface area contributed by atoms with Gasteiger partial charge >= 0.3 is 0 Å². The van der Waals surface area contributed by atoms with Crippen LogP contribution in [0.25, 0.3) is 0 Å². The van der Waals surface area contributed by atoms with Crippen LogP contribution >= 0.6 is 0 Å². The summed E-state index contributed by atoms with van der Waals surface area (Å²) in [6.07, 6.45) is 2.09. The van der Waals surface area contributed by atoms with Gasteiger partial charge in [0.2, 0.25) is 0 Å². The second-order valence-corrected chi connectivity index (χ2v) is 5.55. The highest BCUT2D eigenvalue weighted by Gasteiger charge is 2.37. The first-order chi connectivity index (χ1) is 9.05. The first-order valence-electron chi connectivity index (χ1n) is 6.83. The Bertz CT molecular complexity index is 426. The molecule has 106 valence electrons. The lowest BCUT2D eigenvalue weighted by Gasteiger charge is -2.46. The van der Waals surface area contributed by atoms with Gasteiger partial charge in [-0.1, -0.05) is 12.1 Å². The molecule has 1 aliphatic heterocycles. The molecule has 19 heavy (non-hydrogen) atoms. The van der Waals surface area contributed by atoms with Gasteiger partial charge in [0.15, 0.2) is 0 Å². The van der Waals surface area contributed by atoms with E-state index in [2.05, 4.69) is 18.9 Å². The Labute approximate surface area is 114 Å². The molecule has 4 heteroatoms. The van der Waals surface area contributed by atoms with Crippen LogP contribution < -0.4 is 5.73 Å². The zero-order valence-electron chi connectivity index (χ0n) is 11.7. The summed E-state index contributed by atoms with van der Waals surface area (Å²) >= 11 is 0. The molecule has 1 aromatic rings. The highest BCUT2D eigenvalue weighted by Crippen LogP contribution is 2.30. The Morgan fingerprint density at radius 1 is 1.53 bits per heavy atom. The van der Waals surface area contributed by atoms with E-state index in [1.54, 1.807) is 12.1 Å². The van der Waals surface area contributed by atoms with Crippen LogP contribution in [0.4, 0.5) is 4.39 Å². The van der Waals surface area contributed by atoms with Gasteiger partial charge in [0.25, 0.3) is 0 Å². The number of ether oxygens (including phenoxy) is 1. The van der Waals surface area contributed by atoms with E-state index in [0.717, 1.165) is 25.0 Å². The van der Waals surface area contributed by atoms with E-state index in [0.29, 0.717) is 13.1 Å². The molecule has 1 fully saturated rings. The van der Waals surface area contributed by atoms with E-state index in [1.807, 2.05) is 6.07 Å². The zero-order valence-corrected chi connectivity index (χ0v) is 11.7. The number of nitrogens with zero attached hydrogens (tertiary/aromatic N) is 1. The van der Waals surface area contributed by atoms with Crippen molar-refractivity contribution in [2.45, 2.75) is 38.0 Å². The number of hydrogen-bond acceptors (Lipinski definition) is 3. The van der Waals surface area contributed by atoms with Crippen molar-refractivity contribution in [1.82, 2.24) is 4.90 Å². The zero-order chi connectivity index (χ0) is 13.9. The molecule has 2 atom stereocenters. The van der Waals surface area contributed by atoms with Gasteiger partial charge in [0.1, 0.15) is 5.82 Å². The van der Waals surface area contributed by atoms with Gasteiger partial charge in [-0.05, 0) is 44.5 Å². The van der Waals surface area contributed by atoms with Gasteiger partial charge in [-0.3, -0.25) is 4.90 Å². The van der Waals surface area contributed by atoms with E-state index in [4.69, 9.17) is 10.5 Å². The van der Waals surface area contributed by atoms with Crippen molar-refractivity contribution in [2.24, 2.45) is 5.73 Å². The minimum absolute atomic E-state index is 0.0377. The fourth-order valence-electron chi connectivity index (χ4n) is 2.91. The van der Waals surface area contributed by atoms with Crippen LogP contribution in [-0.4, -0.2) is 36.7 Å². The summed E-state index contributed by atoms with van der Waals surface area (Å²) < 4.78 is 18.8. The Balaban J connectivity index is 2.10. The summed E-state index contributed by atoms with van der Waals surface area (Å²) in [6, 6.07) is 6.76. The smallest absolute Gasteiger partial charge is 0.123 e. The lowest BCUT2D eigenvalue weighted by Crippen LogP contribution is -2.56. The Hall–Kier alpha value is -0.970. The van der Waals surface area contributed by atoms with Crippen molar-refractivity contribution < 1.29 is 9.13 Å². The van der Waals surface area contributed by atoms with Crippen molar-refractivity contribution >= 4 is 0 Å². The molecule has 0 saturated carbocycles. The largest absolute Gasteiger partial charge is 0.378 e. The molecule has 1 aromatic carbocycles. The molecule has 2 rings (SSSR count). The molecule has 0 spiro atoms. The molecule has 0 amide bonds. The highest BCUT2D eigenvalue weighted by atomic mass is 19.1. The van der Waals surface area contributed by atoms with Crippen LogP contribution in [0.1, 0.15) is 25.3 Å². The summed E-state index contributed by atoms with van der Waals surface area (Å²) in [6.45, 7) is 4.14. The van der Waals surface area contributed by atoms with Crippen LogP contribution in [0, 0.1) is 5.82 Å². The van der Waals surface area contributed by atoms with Crippen molar-refractivity contribution in [3.05, 3.63) is 35.6 Å². The predicted octanol–water partition coefficient (Wildman–Crippen LogP) is 2.15. The van der Waals surface area contributed by atoms with E-state index in [1.165, 1.54) is 6.07 Å². The van der Waals surface area contributed by atoms with Gasteiger partial charge in [-0.25, -0.2) is 4.39 Å². The van der Waals surface area contributed by atoms with Crippen molar-refractivity contribution in [3.8, 4) is 0 Å². The lowest BCUT2D eigenvalue weighted by atomic mass is 9.85. The van der Waals surface area contributed by atoms with Gasteiger partial charge in [-0.15, -0.1) is 0 Å². The first kappa shape index (κ1) is 14.4. The normalized spacial score (nSPS) is 27.7. The van der Waals surface area contributed by atoms with E-state index >= 15 is 0 Å². The quantitative estimate of drug-likeness (QED) is 0.907. The standard InChI is InChI=1S/C15H23FN2O/c1-12-9-15(11-17,6-7-19-12)18(2)10-13-4-3-5-14(16)8-13/h3-5,8,12H,6-7,9-11,17H2,1-2H3. The molecule has 1 saturated heterocycles. The summed E-state index contributed by atoms with van der Waals surface area (Å²) in [7, 11) is 2.07. The molecule has 3 nitrogen and oxygen atoms in total. The number of likely N-dealkylation sites (N-methyl/N-ethyl adjacent to an activating group) is 1. The molecular weight excluding hydrogens is 243 g/mol. The SMILES string of the molecule is CC1CC(CN)(N(C)Cc2cccc(F)c2)CCO1. The second kappa shape index (κ2) is 5.99. The minimum Gasteiger partial charge on any atom is -0.378 e. The van der Waals surface area contributed by atoms with Crippen LogP contribution in [0.3, 0.4) is 0 Å². The van der Waals surface area contributed by atoms with Crippen LogP contribution in [0.2, 0.25) is 0 Å². The van der Waals surface area contributed by atoms with E-state index in [-0.39, 0.29) is 17.5 Å². The summed E-state index contributed by atoms with van der Waals surface area (Å²) in [5.74, 6) is -0.187. The monoisotopic (exact) mass is 266 g/mol. The Kier molecular flexibility index (Phi) is 4.55.